The maximum atomic E-state index is 13.3. The molecular formula is C26H32B3N9O5S2. The van der Waals surface area contributed by atoms with Crippen LogP contribution in [0.15, 0.2) is 36.5 Å². The summed E-state index contributed by atoms with van der Waals surface area (Å²) in [5, 5.41) is 22.2. The highest BCUT2D eigenvalue weighted by Crippen LogP contribution is 2.40. The number of amides is 2. The maximum absolute atomic E-state index is 13.3. The molecule has 1 saturated heterocycles. The number of sulfone groups is 1. The molecule has 1 aromatic carbocycles. The first-order valence-electron chi connectivity index (χ1n) is 14.1. The number of carbonyl (C=O) groups excluding carboxylic acids is 2. The SMILES string of the molecule is BC(B)(B)NC(=O)c1nnc(Nc2cc(C)n(C)n2)cc1Nc1cccc(-c2ncc(C(=O)N3CCS(=O)(=O)CC3)s2)c1OC. The average molecular weight is 647 g/mol. The van der Waals surface area contributed by atoms with Crippen LogP contribution in [0.5, 0.6) is 5.75 Å². The number of methoxy groups -OCH3 is 1. The van der Waals surface area contributed by atoms with E-state index in [1.165, 1.54) is 29.5 Å². The van der Waals surface area contributed by atoms with Gasteiger partial charge in [-0.2, -0.15) is 5.10 Å². The molecule has 2 amide bonds. The van der Waals surface area contributed by atoms with Gasteiger partial charge in [-0.05, 0) is 24.3 Å². The molecule has 0 unspecified atom stereocenters. The summed E-state index contributed by atoms with van der Waals surface area (Å²) in [5.41, 5.74) is 2.54. The molecule has 19 heteroatoms. The van der Waals surface area contributed by atoms with E-state index in [9.17, 15) is 18.0 Å². The summed E-state index contributed by atoms with van der Waals surface area (Å²) in [6.45, 7) is 2.23. The molecule has 0 saturated carbocycles. The molecular weight excluding hydrogens is 615 g/mol. The number of benzene rings is 1. The van der Waals surface area contributed by atoms with Gasteiger partial charge in [0.25, 0.3) is 11.8 Å². The molecule has 4 aromatic rings. The number of anilines is 4. The Kier molecular flexibility index (Phi) is 8.94. The molecule has 0 radical (unpaired) electrons. The van der Waals surface area contributed by atoms with Crippen molar-refractivity contribution in [1.82, 2.24) is 35.2 Å². The summed E-state index contributed by atoms with van der Waals surface area (Å²) >= 11 is 1.19. The first-order chi connectivity index (χ1) is 21.2. The summed E-state index contributed by atoms with van der Waals surface area (Å²) in [6.07, 6.45) is 1.49. The number of hydrogen-bond acceptors (Lipinski definition) is 12. The van der Waals surface area contributed by atoms with Crippen LogP contribution < -0.4 is 20.7 Å². The fourth-order valence-corrected chi connectivity index (χ4v) is 6.71. The van der Waals surface area contributed by atoms with E-state index in [0.717, 1.165) is 5.69 Å². The second-order valence-electron chi connectivity index (χ2n) is 11.6. The highest BCUT2D eigenvalue weighted by atomic mass is 32.2. The zero-order valence-electron chi connectivity index (χ0n) is 25.8. The zero-order valence-corrected chi connectivity index (χ0v) is 27.5. The van der Waals surface area contributed by atoms with E-state index >= 15 is 0 Å². The monoisotopic (exact) mass is 647 g/mol. The lowest BCUT2D eigenvalue weighted by Gasteiger charge is -2.26. The molecule has 4 heterocycles. The molecule has 5 rings (SSSR count). The summed E-state index contributed by atoms with van der Waals surface area (Å²) in [6, 6.07) is 8.94. The molecule has 1 fully saturated rings. The molecule has 14 nitrogen and oxygen atoms in total. The van der Waals surface area contributed by atoms with E-state index in [4.69, 9.17) is 4.74 Å². The normalized spacial score (nSPS) is 14.5. The largest absolute Gasteiger partial charge is 0.494 e. The van der Waals surface area contributed by atoms with Crippen molar-refractivity contribution < 1.29 is 22.7 Å². The van der Waals surface area contributed by atoms with Crippen LogP contribution in [0.25, 0.3) is 10.6 Å². The minimum atomic E-state index is -3.12. The third-order valence-corrected chi connectivity index (χ3v) is 9.56. The Morgan fingerprint density at radius 1 is 1.04 bits per heavy atom. The minimum absolute atomic E-state index is 0.0513. The smallest absolute Gasteiger partial charge is 0.272 e. The van der Waals surface area contributed by atoms with Crippen LogP contribution >= 0.6 is 11.3 Å². The number of ether oxygens (including phenoxy) is 1. The quantitative estimate of drug-likeness (QED) is 0.195. The molecule has 0 aliphatic carbocycles. The number of nitrogens with zero attached hydrogens (tertiary/aromatic N) is 6. The van der Waals surface area contributed by atoms with Crippen LogP contribution in [-0.2, 0) is 16.9 Å². The lowest BCUT2D eigenvalue weighted by molar-refractivity contribution is 0.0774. The molecule has 3 aromatic heterocycles. The summed E-state index contributed by atoms with van der Waals surface area (Å²) in [7, 11) is 5.85. The van der Waals surface area contributed by atoms with Gasteiger partial charge in [-0.1, -0.05) is 6.07 Å². The van der Waals surface area contributed by atoms with E-state index in [2.05, 4.69) is 36.2 Å². The Hall–Kier alpha value is -4.38. The van der Waals surface area contributed by atoms with Crippen LogP contribution in [0.4, 0.5) is 23.0 Å². The van der Waals surface area contributed by atoms with Crippen LogP contribution in [0, 0.1) is 6.92 Å². The highest BCUT2D eigenvalue weighted by Gasteiger charge is 2.28. The molecule has 45 heavy (non-hydrogen) atoms. The van der Waals surface area contributed by atoms with Crippen LogP contribution in [-0.4, -0.2) is 111 Å². The van der Waals surface area contributed by atoms with Crippen molar-refractivity contribution in [3.05, 3.63) is 52.8 Å². The second kappa shape index (κ2) is 12.6. The molecule has 1 aliphatic rings. The number of aromatic nitrogens is 5. The Balaban J connectivity index is 1.46. The lowest BCUT2D eigenvalue weighted by Crippen LogP contribution is -2.50. The van der Waals surface area contributed by atoms with Gasteiger partial charge in [-0.25, -0.2) is 13.4 Å². The first-order valence-corrected chi connectivity index (χ1v) is 16.7. The van der Waals surface area contributed by atoms with Gasteiger partial charge in [0.1, 0.15) is 33.4 Å². The molecule has 0 spiro atoms. The number of rotatable bonds is 9. The van der Waals surface area contributed by atoms with Crippen molar-refractivity contribution in [1.29, 1.82) is 0 Å². The van der Waals surface area contributed by atoms with Crippen LogP contribution in [0.1, 0.15) is 25.9 Å². The Morgan fingerprint density at radius 3 is 2.42 bits per heavy atom. The lowest BCUT2D eigenvalue weighted by atomic mass is 9.49. The van der Waals surface area contributed by atoms with Crippen molar-refractivity contribution in [2.75, 3.05) is 42.3 Å². The molecule has 0 atom stereocenters. The minimum Gasteiger partial charge on any atom is -0.494 e. The van der Waals surface area contributed by atoms with Crippen LogP contribution in [0.3, 0.4) is 0 Å². The Labute approximate surface area is 267 Å². The van der Waals surface area contributed by atoms with E-state index in [0.29, 0.717) is 44.2 Å². The topological polar surface area (TPSA) is 173 Å². The third kappa shape index (κ3) is 7.48. The second-order valence-corrected chi connectivity index (χ2v) is 14.9. The van der Waals surface area contributed by atoms with Gasteiger partial charge >= 0.3 is 0 Å². The predicted octanol–water partition coefficient (Wildman–Crippen LogP) is -0.751. The number of carbonyl (C=O) groups is 2. The zero-order chi connectivity index (χ0) is 32.5. The number of thiazole rings is 1. The fourth-order valence-electron chi connectivity index (χ4n) is 4.61. The van der Waals surface area contributed by atoms with Crippen molar-refractivity contribution in [3.63, 3.8) is 0 Å². The van der Waals surface area contributed by atoms with E-state index in [1.807, 2.05) is 49.6 Å². The van der Waals surface area contributed by atoms with Gasteiger partial charge in [0, 0.05) is 38.0 Å². The van der Waals surface area contributed by atoms with Gasteiger partial charge in [-0.3, -0.25) is 14.3 Å². The summed E-state index contributed by atoms with van der Waals surface area (Å²) in [5.74, 6) is 0.593. The van der Waals surface area contributed by atoms with E-state index < -0.39 is 21.0 Å². The standard InChI is InChI=1S/C26H32B3N9O5S2/c1-14-11-20(36-37(14)2)32-19-12-17(21(35-34-19)23(39)33-26(27,28)29)31-16-6-4-5-15(22(16)43-3)24-30-13-18(44-24)25(40)38-7-9-45(41,42)10-8-38/h4-6,11-13H,7-10,27-29H2,1-3H3,(H,33,39)(H2,31,32,34,36). The maximum Gasteiger partial charge on any atom is 0.272 e. The summed E-state index contributed by atoms with van der Waals surface area (Å²) < 4.78 is 31.2. The number of para-hydroxylation sites is 1. The van der Waals surface area contributed by atoms with Crippen molar-refractivity contribution in [2.45, 2.75) is 12.2 Å². The number of aryl methyl sites for hydroxylation is 2. The van der Waals surface area contributed by atoms with Crippen molar-refractivity contribution in [3.8, 4) is 16.3 Å². The Bertz CT molecular complexity index is 1840. The van der Waals surface area contributed by atoms with Gasteiger partial charge < -0.3 is 25.6 Å². The molecule has 1 aliphatic heterocycles. The van der Waals surface area contributed by atoms with Crippen LogP contribution in [0.2, 0.25) is 0 Å². The highest BCUT2D eigenvalue weighted by molar-refractivity contribution is 7.91. The number of hydrogen-bond donors (Lipinski definition) is 3. The number of nitrogens with one attached hydrogen (secondary N) is 3. The van der Waals surface area contributed by atoms with Crippen molar-refractivity contribution >= 4 is 79.5 Å². The molecule has 232 valence electrons. The Morgan fingerprint density at radius 2 is 1.78 bits per heavy atom. The predicted molar refractivity (Wildman–Crippen MR) is 181 cm³/mol. The van der Waals surface area contributed by atoms with E-state index in [1.54, 1.807) is 22.9 Å². The third-order valence-electron chi connectivity index (χ3n) is 6.93. The summed E-state index contributed by atoms with van der Waals surface area (Å²) in [4.78, 5) is 32.8. The average Bonchev–Trinajstić information content (AvgIpc) is 3.58. The van der Waals surface area contributed by atoms with Gasteiger partial charge in [0.05, 0.1) is 41.8 Å². The fraction of sp³-hybridized carbons (Fsp3) is 0.308. The molecule has 3 N–H and O–H groups in total. The van der Waals surface area contributed by atoms with Gasteiger partial charge in [0.2, 0.25) is 0 Å². The molecule has 0 bridgehead atoms. The van der Waals surface area contributed by atoms with Gasteiger partial charge in [-0.15, -0.1) is 21.5 Å². The van der Waals surface area contributed by atoms with Crippen molar-refractivity contribution in [2.24, 2.45) is 7.05 Å². The first kappa shape index (κ1) is 32.0. The van der Waals surface area contributed by atoms with E-state index in [-0.39, 0.29) is 36.2 Å². The van der Waals surface area contributed by atoms with Gasteiger partial charge in [0.15, 0.2) is 32.9 Å².